The normalized spacial score (nSPS) is 21.5. The van der Waals surface area contributed by atoms with Crippen LogP contribution in [0.4, 0.5) is 14.7 Å². The lowest BCUT2D eigenvalue weighted by Gasteiger charge is -2.32. The van der Waals surface area contributed by atoms with Gasteiger partial charge < -0.3 is 10.1 Å². The quantitative estimate of drug-likeness (QED) is 0.460. The third kappa shape index (κ3) is 4.95. The third-order valence-electron chi connectivity index (χ3n) is 6.97. The number of nitrogens with one attached hydrogen (secondary N) is 1. The maximum absolute atomic E-state index is 13.5. The number of nitrogens with zero attached hydrogens (tertiary/aromatic N) is 5. The van der Waals surface area contributed by atoms with Crippen LogP contribution in [-0.2, 0) is 14.8 Å². The van der Waals surface area contributed by atoms with Crippen LogP contribution in [0.3, 0.4) is 0 Å². The predicted molar refractivity (Wildman–Crippen MR) is 140 cm³/mol. The summed E-state index contributed by atoms with van der Waals surface area (Å²) in [7, 11) is -3.80. The Morgan fingerprint density at radius 1 is 1.05 bits per heavy atom. The van der Waals surface area contributed by atoms with E-state index in [2.05, 4.69) is 15.3 Å². The zero-order valence-electron chi connectivity index (χ0n) is 20.4. The summed E-state index contributed by atoms with van der Waals surface area (Å²) < 4.78 is 60.0. The van der Waals surface area contributed by atoms with Crippen LogP contribution < -0.4 is 5.32 Å². The highest BCUT2D eigenvalue weighted by atomic mass is 35.5. The van der Waals surface area contributed by atoms with Gasteiger partial charge in [0.15, 0.2) is 0 Å². The maximum atomic E-state index is 13.5. The van der Waals surface area contributed by atoms with Crippen molar-refractivity contribution >= 4 is 33.6 Å². The van der Waals surface area contributed by atoms with Gasteiger partial charge in [0.05, 0.1) is 15.6 Å². The highest BCUT2D eigenvalue weighted by Gasteiger charge is 2.41. The van der Waals surface area contributed by atoms with Crippen LogP contribution in [0, 0.1) is 11.6 Å². The van der Waals surface area contributed by atoms with E-state index in [4.69, 9.17) is 21.3 Å². The highest BCUT2D eigenvalue weighted by molar-refractivity contribution is 7.89. The Morgan fingerprint density at radius 2 is 1.82 bits per heavy atom. The van der Waals surface area contributed by atoms with E-state index in [1.54, 1.807) is 36.9 Å². The highest BCUT2D eigenvalue weighted by Crippen LogP contribution is 2.43. The lowest BCUT2D eigenvalue weighted by atomic mass is 9.97. The van der Waals surface area contributed by atoms with E-state index in [1.807, 2.05) is 4.90 Å². The second-order valence-corrected chi connectivity index (χ2v) is 11.7. The predicted octanol–water partition coefficient (Wildman–Crippen LogP) is 4.63. The second kappa shape index (κ2) is 10.2. The maximum Gasteiger partial charge on any atom is 0.298 e. The number of amidine groups is 1. The van der Waals surface area contributed by atoms with Crippen molar-refractivity contribution in [1.29, 1.82) is 0 Å². The van der Waals surface area contributed by atoms with E-state index in [1.165, 1.54) is 22.5 Å². The monoisotopic (exact) mass is 572 g/mol. The fourth-order valence-corrected chi connectivity index (χ4v) is 6.71. The number of anilines is 1. The van der Waals surface area contributed by atoms with Crippen LogP contribution in [0.25, 0.3) is 0 Å². The molecule has 2 aromatic carbocycles. The smallest absolute Gasteiger partial charge is 0.298 e. The molecule has 0 saturated carbocycles. The van der Waals surface area contributed by atoms with Crippen LogP contribution in [0.5, 0.6) is 0 Å². The average molecular weight is 573 g/mol. The summed E-state index contributed by atoms with van der Waals surface area (Å²) >= 11 is 5.79. The van der Waals surface area contributed by atoms with Crippen molar-refractivity contribution < 1.29 is 21.9 Å². The van der Waals surface area contributed by atoms with Gasteiger partial charge in [-0.2, -0.15) is 4.31 Å². The molecule has 1 aromatic heterocycles. The minimum Gasteiger partial charge on any atom is -0.432 e. The van der Waals surface area contributed by atoms with Crippen molar-refractivity contribution in [2.75, 3.05) is 18.4 Å². The summed E-state index contributed by atoms with van der Waals surface area (Å²) in [6.07, 6.45) is 6.04. The van der Waals surface area contributed by atoms with Crippen LogP contribution >= 0.6 is 11.6 Å². The fraction of sp³-hybridized carbons (Fsp3) is 0.269. The van der Waals surface area contributed by atoms with Crippen molar-refractivity contribution in [3.05, 3.63) is 95.1 Å². The standard InChI is InChI=1S/C26H23ClF2N6O3S/c27-20-15-19(5-6-21(20)29)39(36,37)34-11-8-18(9-12-34)31-25-30-10-7-22(32-25)24-23(16-1-3-17(28)4-2-16)33-26-35(24)13-14-38-26/h1-7,10,13-15,18,23-24H,8-9,11-12H2,(H,30,31,32). The van der Waals surface area contributed by atoms with Crippen molar-refractivity contribution in [2.45, 2.75) is 35.9 Å². The average Bonchev–Trinajstić information content (AvgIpc) is 3.53. The molecule has 202 valence electrons. The Labute approximate surface area is 228 Å². The molecule has 0 spiro atoms. The lowest BCUT2D eigenvalue weighted by molar-refractivity contribution is 0.328. The van der Waals surface area contributed by atoms with Gasteiger partial charge in [0.25, 0.3) is 6.02 Å². The third-order valence-corrected chi connectivity index (χ3v) is 9.16. The summed E-state index contributed by atoms with van der Waals surface area (Å²) in [4.78, 5) is 15.7. The largest absolute Gasteiger partial charge is 0.432 e. The summed E-state index contributed by atoms with van der Waals surface area (Å²) in [6.45, 7) is 0.550. The van der Waals surface area contributed by atoms with Crippen LogP contribution in [-0.4, -0.2) is 52.7 Å². The molecule has 13 heteroatoms. The van der Waals surface area contributed by atoms with Crippen LogP contribution in [0.15, 0.2) is 77.1 Å². The van der Waals surface area contributed by atoms with E-state index in [0.717, 1.165) is 17.7 Å². The first-order valence-electron chi connectivity index (χ1n) is 12.3. The van der Waals surface area contributed by atoms with Crippen molar-refractivity contribution in [3.8, 4) is 0 Å². The molecule has 3 aliphatic heterocycles. The van der Waals surface area contributed by atoms with Crippen molar-refractivity contribution in [2.24, 2.45) is 4.99 Å². The number of hydrogen-bond donors (Lipinski definition) is 1. The van der Waals surface area contributed by atoms with Crippen LogP contribution in [0.1, 0.15) is 36.2 Å². The lowest BCUT2D eigenvalue weighted by Crippen LogP contribution is -2.42. The first kappa shape index (κ1) is 25.7. The zero-order chi connectivity index (χ0) is 27.1. The number of piperidine rings is 1. The summed E-state index contributed by atoms with van der Waals surface area (Å²) in [5.74, 6) is -0.584. The first-order chi connectivity index (χ1) is 18.8. The van der Waals surface area contributed by atoms with E-state index in [9.17, 15) is 17.2 Å². The molecule has 2 unspecified atom stereocenters. The summed E-state index contributed by atoms with van der Waals surface area (Å²) in [5.41, 5.74) is 1.52. The minimum absolute atomic E-state index is 0.0369. The Morgan fingerprint density at radius 3 is 2.56 bits per heavy atom. The van der Waals surface area contributed by atoms with Gasteiger partial charge >= 0.3 is 0 Å². The number of aromatic nitrogens is 2. The van der Waals surface area contributed by atoms with Gasteiger partial charge in [0, 0.05) is 31.5 Å². The first-order valence-corrected chi connectivity index (χ1v) is 14.1. The summed E-state index contributed by atoms with van der Waals surface area (Å²) in [6, 6.07) is 11.1. The number of benzene rings is 2. The van der Waals surface area contributed by atoms with Gasteiger partial charge in [-0.25, -0.2) is 32.2 Å². The molecule has 3 aliphatic rings. The second-order valence-electron chi connectivity index (χ2n) is 9.37. The van der Waals surface area contributed by atoms with E-state index >= 15 is 0 Å². The number of fused-ring (bicyclic) bond motifs is 1. The molecule has 0 radical (unpaired) electrons. The molecular weight excluding hydrogens is 550 g/mol. The van der Waals surface area contributed by atoms with Crippen molar-refractivity contribution in [1.82, 2.24) is 19.2 Å². The van der Waals surface area contributed by atoms with Crippen molar-refractivity contribution in [3.63, 3.8) is 0 Å². The molecule has 1 N–H and O–H groups in total. The molecule has 0 amide bonds. The SMILES string of the molecule is O=S(=O)(c1ccc(F)c(Cl)c1)N1CCC(Nc2nccc(C3C(c4ccc(F)cc4)N=C4OC=CN43)n2)CC1. The zero-order valence-corrected chi connectivity index (χ0v) is 22.0. The topological polar surface area (TPSA) is 100 Å². The number of rotatable bonds is 6. The Balaban J connectivity index is 1.16. The molecule has 0 bridgehead atoms. The number of sulfonamides is 1. The van der Waals surface area contributed by atoms with E-state index in [0.29, 0.717) is 30.5 Å². The van der Waals surface area contributed by atoms with Crippen LogP contribution in [0.2, 0.25) is 5.02 Å². The molecule has 9 nitrogen and oxygen atoms in total. The Hall–Kier alpha value is -3.61. The number of ether oxygens (including phenoxy) is 1. The number of halogens is 3. The molecule has 1 fully saturated rings. The molecule has 2 atom stereocenters. The Bertz CT molecular complexity index is 1560. The number of aliphatic imine (C=N–C) groups is 1. The van der Waals surface area contributed by atoms with E-state index in [-0.39, 0.29) is 47.0 Å². The molecule has 1 saturated heterocycles. The summed E-state index contributed by atoms with van der Waals surface area (Å²) in [5, 5.41) is 3.09. The van der Waals surface area contributed by atoms with Gasteiger partial charge in [0.2, 0.25) is 16.0 Å². The van der Waals surface area contributed by atoms with Gasteiger partial charge in [-0.15, -0.1) is 0 Å². The van der Waals surface area contributed by atoms with Gasteiger partial charge in [0.1, 0.15) is 30.0 Å². The Kier molecular flexibility index (Phi) is 6.69. The van der Waals surface area contributed by atoms with E-state index < -0.39 is 15.8 Å². The minimum atomic E-state index is -3.80. The van der Waals surface area contributed by atoms with Gasteiger partial charge in [-0.1, -0.05) is 23.7 Å². The molecule has 39 heavy (non-hydrogen) atoms. The molecule has 6 rings (SSSR count). The van der Waals surface area contributed by atoms with Gasteiger partial charge in [-0.3, -0.25) is 4.90 Å². The van der Waals surface area contributed by atoms with Gasteiger partial charge in [-0.05, 0) is 54.8 Å². The molecule has 3 aromatic rings. The molecule has 4 heterocycles. The number of hydrogen-bond acceptors (Lipinski definition) is 8. The fourth-order valence-electron chi connectivity index (χ4n) is 4.97. The molecular formula is C26H23ClF2N6O3S. The molecule has 0 aliphatic carbocycles.